The molecule has 0 aliphatic carbocycles. The Balaban J connectivity index is 1.55. The van der Waals surface area contributed by atoms with Crippen molar-refractivity contribution in [2.24, 2.45) is 0 Å². The summed E-state index contributed by atoms with van der Waals surface area (Å²) >= 11 is 0. The summed E-state index contributed by atoms with van der Waals surface area (Å²) in [5.41, 5.74) is 0.537. The summed E-state index contributed by atoms with van der Waals surface area (Å²) in [4.78, 5) is 11.7. The van der Waals surface area contributed by atoms with E-state index in [0.717, 1.165) is 31.0 Å². The molecule has 3 rings (SSSR count). The van der Waals surface area contributed by atoms with Crippen molar-refractivity contribution in [1.29, 1.82) is 0 Å². The molecule has 2 aromatic rings. The van der Waals surface area contributed by atoms with Crippen molar-refractivity contribution in [1.82, 2.24) is 20.1 Å². The van der Waals surface area contributed by atoms with Gasteiger partial charge in [-0.3, -0.25) is 0 Å². The van der Waals surface area contributed by atoms with Gasteiger partial charge in [0.2, 0.25) is 0 Å². The molecule has 0 atom stereocenters. The molecule has 0 saturated carbocycles. The molecule has 6 nitrogen and oxygen atoms in total. The quantitative estimate of drug-likeness (QED) is 0.895. The number of aryl methyl sites for hydroxylation is 1. The second kappa shape index (κ2) is 5.28. The summed E-state index contributed by atoms with van der Waals surface area (Å²) in [7, 11) is 0. The highest BCUT2D eigenvalue weighted by atomic mass is 19.1. The first kappa shape index (κ1) is 12.6. The van der Waals surface area contributed by atoms with E-state index in [1.807, 2.05) is 4.57 Å². The molecule has 0 fully saturated rings. The van der Waals surface area contributed by atoms with Gasteiger partial charge in [0.1, 0.15) is 11.6 Å². The van der Waals surface area contributed by atoms with E-state index >= 15 is 0 Å². The van der Waals surface area contributed by atoms with Gasteiger partial charge in [-0.2, -0.15) is 0 Å². The number of carbonyl (C=O) groups is 1. The Morgan fingerprint density at radius 1 is 1.30 bits per heavy atom. The molecule has 2 N–H and O–H groups in total. The average Bonchev–Trinajstić information content (AvgIpc) is 3.02. The van der Waals surface area contributed by atoms with Gasteiger partial charge >= 0.3 is 6.03 Å². The Morgan fingerprint density at radius 3 is 2.90 bits per heavy atom. The van der Waals surface area contributed by atoms with E-state index in [4.69, 9.17) is 0 Å². The average molecular weight is 275 g/mol. The summed E-state index contributed by atoms with van der Waals surface area (Å²) in [5, 5.41) is 13.5. The number of amides is 2. The lowest BCUT2D eigenvalue weighted by Crippen LogP contribution is -2.29. The minimum atomic E-state index is -0.355. The van der Waals surface area contributed by atoms with E-state index in [2.05, 4.69) is 20.8 Å². The van der Waals surface area contributed by atoms with Crippen LogP contribution in [0.15, 0.2) is 24.3 Å². The third-order valence-corrected chi connectivity index (χ3v) is 3.20. The van der Waals surface area contributed by atoms with E-state index < -0.39 is 0 Å². The number of aromatic nitrogens is 3. The Hall–Kier alpha value is -2.44. The summed E-state index contributed by atoms with van der Waals surface area (Å²) in [6, 6.07) is 5.24. The van der Waals surface area contributed by atoms with Crippen molar-refractivity contribution in [3.05, 3.63) is 41.7 Å². The van der Waals surface area contributed by atoms with Gasteiger partial charge in [0, 0.05) is 18.7 Å². The number of rotatable bonds is 3. The van der Waals surface area contributed by atoms with Crippen LogP contribution in [-0.4, -0.2) is 20.8 Å². The predicted molar refractivity (Wildman–Crippen MR) is 70.6 cm³/mol. The van der Waals surface area contributed by atoms with E-state index in [0.29, 0.717) is 12.2 Å². The van der Waals surface area contributed by atoms with Crippen molar-refractivity contribution in [2.45, 2.75) is 25.9 Å². The first-order chi connectivity index (χ1) is 9.72. The molecule has 2 amide bonds. The van der Waals surface area contributed by atoms with Crippen LogP contribution in [0.3, 0.4) is 0 Å². The number of fused-ring (bicyclic) bond motifs is 1. The molecule has 20 heavy (non-hydrogen) atoms. The van der Waals surface area contributed by atoms with Crippen molar-refractivity contribution >= 4 is 11.7 Å². The largest absolute Gasteiger partial charge is 0.331 e. The molecule has 1 aromatic heterocycles. The van der Waals surface area contributed by atoms with Crippen molar-refractivity contribution in [2.75, 3.05) is 5.32 Å². The Kier molecular flexibility index (Phi) is 3.32. The highest BCUT2D eigenvalue weighted by Gasteiger charge is 2.17. The zero-order valence-corrected chi connectivity index (χ0v) is 10.8. The minimum Gasteiger partial charge on any atom is -0.331 e. The maximum atomic E-state index is 12.7. The number of nitrogens with one attached hydrogen (secondary N) is 2. The smallest absolute Gasteiger partial charge is 0.319 e. The number of halogens is 1. The number of anilines is 1. The zero-order chi connectivity index (χ0) is 13.9. The molecule has 0 unspecified atom stereocenters. The maximum absolute atomic E-state index is 12.7. The molecule has 1 aliphatic rings. The van der Waals surface area contributed by atoms with Gasteiger partial charge in [0.25, 0.3) is 0 Å². The van der Waals surface area contributed by atoms with Crippen LogP contribution < -0.4 is 10.6 Å². The minimum absolute atomic E-state index is 0.319. The highest BCUT2D eigenvalue weighted by molar-refractivity contribution is 5.89. The fourth-order valence-corrected chi connectivity index (χ4v) is 2.21. The lowest BCUT2D eigenvalue weighted by molar-refractivity contribution is 0.251. The normalized spacial score (nSPS) is 13.1. The molecule has 0 radical (unpaired) electrons. The Bertz CT molecular complexity index is 622. The maximum Gasteiger partial charge on any atom is 0.319 e. The van der Waals surface area contributed by atoms with E-state index in [9.17, 15) is 9.18 Å². The summed E-state index contributed by atoms with van der Waals surface area (Å²) in [5.74, 6) is 1.39. The fourth-order valence-electron chi connectivity index (χ4n) is 2.21. The van der Waals surface area contributed by atoms with Gasteiger partial charge in [0.05, 0.1) is 6.54 Å². The van der Waals surface area contributed by atoms with Gasteiger partial charge in [0.15, 0.2) is 5.82 Å². The van der Waals surface area contributed by atoms with Gasteiger partial charge < -0.3 is 15.2 Å². The molecule has 0 spiro atoms. The number of benzene rings is 1. The molecule has 0 bridgehead atoms. The number of carbonyl (C=O) groups excluding carboxylic acids is 1. The lowest BCUT2D eigenvalue weighted by Gasteiger charge is -2.07. The Morgan fingerprint density at radius 2 is 2.10 bits per heavy atom. The van der Waals surface area contributed by atoms with Crippen LogP contribution in [0.1, 0.15) is 18.1 Å². The molecular formula is C13H14FN5O. The summed E-state index contributed by atoms with van der Waals surface area (Å²) in [6.07, 6.45) is 2.01. The number of nitrogens with zero attached hydrogens (tertiary/aromatic N) is 3. The number of hydrogen-bond donors (Lipinski definition) is 2. The van der Waals surface area contributed by atoms with Crippen LogP contribution in [0.5, 0.6) is 0 Å². The van der Waals surface area contributed by atoms with Gasteiger partial charge in [-0.25, -0.2) is 9.18 Å². The summed E-state index contributed by atoms with van der Waals surface area (Å²) in [6.45, 7) is 1.22. The number of hydrogen-bond acceptors (Lipinski definition) is 3. The van der Waals surface area contributed by atoms with Gasteiger partial charge in [-0.15, -0.1) is 10.2 Å². The lowest BCUT2D eigenvalue weighted by atomic mass is 10.3. The number of urea groups is 1. The van der Waals surface area contributed by atoms with Crippen LogP contribution in [0.2, 0.25) is 0 Å². The second-order valence-electron chi connectivity index (χ2n) is 4.60. The van der Waals surface area contributed by atoms with Crippen LogP contribution >= 0.6 is 0 Å². The Labute approximate surface area is 115 Å². The summed E-state index contributed by atoms with van der Waals surface area (Å²) < 4.78 is 14.8. The fraction of sp³-hybridized carbons (Fsp3) is 0.308. The monoisotopic (exact) mass is 275 g/mol. The van der Waals surface area contributed by atoms with Crippen LogP contribution in [-0.2, 0) is 19.5 Å². The van der Waals surface area contributed by atoms with E-state index in [-0.39, 0.29) is 11.8 Å². The van der Waals surface area contributed by atoms with Crippen LogP contribution in [0.4, 0.5) is 14.9 Å². The molecule has 1 aliphatic heterocycles. The van der Waals surface area contributed by atoms with Crippen LogP contribution in [0.25, 0.3) is 0 Å². The zero-order valence-electron chi connectivity index (χ0n) is 10.8. The molecule has 104 valence electrons. The SMILES string of the molecule is O=C(NCc1nnc2n1CCC2)Nc1ccc(F)cc1. The molecule has 1 aromatic carbocycles. The predicted octanol–water partition coefficient (Wildman–Crippen LogP) is 1.69. The molecule has 0 saturated heterocycles. The molecule has 2 heterocycles. The van der Waals surface area contributed by atoms with Gasteiger partial charge in [-0.1, -0.05) is 0 Å². The standard InChI is InChI=1S/C13H14FN5O/c14-9-3-5-10(6-4-9)16-13(20)15-8-12-18-17-11-2-1-7-19(11)12/h3-6H,1-2,7-8H2,(H2,15,16,20). The molecular weight excluding hydrogens is 261 g/mol. The van der Waals surface area contributed by atoms with E-state index in [1.54, 1.807) is 0 Å². The van der Waals surface area contributed by atoms with Crippen LogP contribution in [0, 0.1) is 5.82 Å². The van der Waals surface area contributed by atoms with Crippen molar-refractivity contribution < 1.29 is 9.18 Å². The van der Waals surface area contributed by atoms with Crippen molar-refractivity contribution in [3.63, 3.8) is 0 Å². The highest BCUT2D eigenvalue weighted by Crippen LogP contribution is 2.13. The topological polar surface area (TPSA) is 71.8 Å². The third kappa shape index (κ3) is 2.61. The second-order valence-corrected chi connectivity index (χ2v) is 4.60. The first-order valence-corrected chi connectivity index (χ1v) is 6.44. The van der Waals surface area contributed by atoms with Crippen molar-refractivity contribution in [3.8, 4) is 0 Å². The first-order valence-electron chi connectivity index (χ1n) is 6.44. The van der Waals surface area contributed by atoms with Gasteiger partial charge in [-0.05, 0) is 30.7 Å². The molecule has 7 heteroatoms. The van der Waals surface area contributed by atoms with E-state index in [1.165, 1.54) is 24.3 Å². The third-order valence-electron chi connectivity index (χ3n) is 3.20.